The van der Waals surface area contributed by atoms with Crippen LogP contribution in [0.4, 0.5) is 0 Å². The second-order valence-corrected chi connectivity index (χ2v) is 8.98. The first-order valence-corrected chi connectivity index (χ1v) is 11.0. The standard InChI is InChI=1S/C21H24ClN3O2S/c1-14-18-13-19(21(26)27-12-10-16-5-3-4-11-24(16)2)28-20(18)25(23-14)17-8-6-15(22)7-9-17/h6-9,13,16H,3-5,10-12H2,1-2H3/p+1/t16-/m0/s1. The number of quaternary nitrogens is 1. The molecule has 0 amide bonds. The summed E-state index contributed by atoms with van der Waals surface area (Å²) in [5.74, 6) is -0.239. The number of esters is 1. The minimum absolute atomic E-state index is 0.239. The largest absolute Gasteiger partial charge is 0.461 e. The molecule has 5 nitrogen and oxygen atoms in total. The number of likely N-dealkylation sites (tertiary alicyclic amines) is 1. The van der Waals surface area contributed by atoms with Gasteiger partial charge in [0.2, 0.25) is 0 Å². The van der Waals surface area contributed by atoms with Crippen molar-refractivity contribution in [3.05, 3.63) is 45.9 Å². The van der Waals surface area contributed by atoms with Crippen LogP contribution in [0.5, 0.6) is 0 Å². The van der Waals surface area contributed by atoms with Gasteiger partial charge in [-0.15, -0.1) is 11.3 Å². The summed E-state index contributed by atoms with van der Waals surface area (Å²) >= 11 is 7.42. The highest BCUT2D eigenvalue weighted by atomic mass is 35.5. The van der Waals surface area contributed by atoms with Crippen molar-refractivity contribution in [2.45, 2.75) is 38.6 Å². The van der Waals surface area contributed by atoms with Gasteiger partial charge >= 0.3 is 5.97 Å². The van der Waals surface area contributed by atoms with E-state index in [-0.39, 0.29) is 5.97 Å². The van der Waals surface area contributed by atoms with Crippen molar-refractivity contribution in [1.29, 1.82) is 0 Å². The summed E-state index contributed by atoms with van der Waals surface area (Å²) in [5.41, 5.74) is 1.82. The number of halogens is 1. The molecule has 0 spiro atoms. The third kappa shape index (κ3) is 3.95. The molecule has 2 atom stereocenters. The lowest BCUT2D eigenvalue weighted by Crippen LogP contribution is -3.13. The first kappa shape index (κ1) is 19.4. The molecule has 0 bridgehead atoms. The van der Waals surface area contributed by atoms with Crippen LogP contribution in [0.2, 0.25) is 5.02 Å². The Hall–Kier alpha value is -1.89. The molecule has 3 heterocycles. The van der Waals surface area contributed by atoms with Gasteiger partial charge in [0, 0.05) is 16.8 Å². The monoisotopic (exact) mass is 418 g/mol. The molecule has 1 unspecified atom stereocenters. The van der Waals surface area contributed by atoms with E-state index in [2.05, 4.69) is 12.1 Å². The first-order valence-electron chi connectivity index (χ1n) is 9.77. The van der Waals surface area contributed by atoms with E-state index in [9.17, 15) is 4.79 Å². The van der Waals surface area contributed by atoms with Crippen molar-refractivity contribution in [3.63, 3.8) is 0 Å². The van der Waals surface area contributed by atoms with Crippen LogP contribution in [0.25, 0.3) is 15.9 Å². The highest BCUT2D eigenvalue weighted by Crippen LogP contribution is 2.31. The number of aryl methyl sites for hydroxylation is 1. The summed E-state index contributed by atoms with van der Waals surface area (Å²) in [6.45, 7) is 3.66. The number of carbonyl (C=O) groups excluding carboxylic acids is 1. The smallest absolute Gasteiger partial charge is 0.348 e. The minimum Gasteiger partial charge on any atom is -0.461 e. The van der Waals surface area contributed by atoms with Crippen molar-refractivity contribution in [2.75, 3.05) is 20.2 Å². The normalized spacial score (nSPS) is 19.8. The number of thiophene rings is 1. The van der Waals surface area contributed by atoms with Crippen molar-refractivity contribution in [1.82, 2.24) is 9.78 Å². The molecule has 1 aliphatic heterocycles. The van der Waals surface area contributed by atoms with Gasteiger partial charge in [-0.3, -0.25) is 0 Å². The quantitative estimate of drug-likeness (QED) is 0.643. The third-order valence-corrected chi connectivity index (χ3v) is 6.93. The number of ether oxygens (including phenoxy) is 1. The molecule has 1 saturated heterocycles. The van der Waals surface area contributed by atoms with Gasteiger partial charge in [-0.1, -0.05) is 11.6 Å². The Morgan fingerprint density at radius 3 is 2.89 bits per heavy atom. The molecule has 4 rings (SSSR count). The Balaban J connectivity index is 1.47. The van der Waals surface area contributed by atoms with Crippen molar-refractivity contribution in [3.8, 4) is 5.69 Å². The number of piperidine rings is 1. The zero-order valence-corrected chi connectivity index (χ0v) is 17.8. The molecule has 1 aromatic carbocycles. The van der Waals surface area contributed by atoms with Gasteiger partial charge in [0.05, 0.1) is 37.6 Å². The highest BCUT2D eigenvalue weighted by Gasteiger charge is 2.23. The molecule has 3 aromatic rings. The zero-order valence-electron chi connectivity index (χ0n) is 16.2. The lowest BCUT2D eigenvalue weighted by atomic mass is 10.0. The van der Waals surface area contributed by atoms with Crippen LogP contribution in [-0.4, -0.2) is 42.0 Å². The van der Waals surface area contributed by atoms with Crippen LogP contribution < -0.4 is 4.90 Å². The van der Waals surface area contributed by atoms with E-state index >= 15 is 0 Å². The fraction of sp³-hybridized carbons (Fsp3) is 0.429. The Morgan fingerprint density at radius 2 is 2.14 bits per heavy atom. The fourth-order valence-electron chi connectivity index (χ4n) is 3.91. The summed E-state index contributed by atoms with van der Waals surface area (Å²) < 4.78 is 7.45. The van der Waals surface area contributed by atoms with Gasteiger partial charge in [0.1, 0.15) is 9.71 Å². The number of fused-ring (bicyclic) bond motifs is 1. The highest BCUT2D eigenvalue weighted by molar-refractivity contribution is 7.20. The molecule has 1 fully saturated rings. The second kappa shape index (κ2) is 8.23. The number of rotatable bonds is 5. The van der Waals surface area contributed by atoms with Crippen LogP contribution in [0.1, 0.15) is 41.0 Å². The molecule has 148 valence electrons. The fourth-order valence-corrected chi connectivity index (χ4v) is 5.11. The SMILES string of the molecule is Cc1nn(-c2ccc(Cl)cc2)c2sc(C(=O)OCC[C@@H]3CCCC[NH+]3C)cc12. The van der Waals surface area contributed by atoms with Crippen molar-refractivity contribution < 1.29 is 14.4 Å². The number of aromatic nitrogens is 2. The summed E-state index contributed by atoms with van der Waals surface area (Å²) in [6.07, 6.45) is 4.74. The summed E-state index contributed by atoms with van der Waals surface area (Å²) in [6, 6.07) is 10.0. The molecule has 2 aromatic heterocycles. The number of nitrogens with one attached hydrogen (secondary N) is 1. The summed E-state index contributed by atoms with van der Waals surface area (Å²) in [7, 11) is 2.24. The van der Waals surface area contributed by atoms with Crippen LogP contribution in [-0.2, 0) is 4.74 Å². The Kier molecular flexibility index (Phi) is 5.71. The van der Waals surface area contributed by atoms with Crippen LogP contribution in [0, 0.1) is 6.92 Å². The van der Waals surface area contributed by atoms with E-state index in [1.807, 2.05) is 41.9 Å². The van der Waals surface area contributed by atoms with Gasteiger partial charge in [0.15, 0.2) is 0 Å². The maximum atomic E-state index is 12.6. The Bertz CT molecular complexity index is 980. The number of benzene rings is 1. The average Bonchev–Trinajstić information content (AvgIpc) is 3.25. The molecule has 7 heteroatoms. The maximum absolute atomic E-state index is 12.6. The molecule has 1 N–H and O–H groups in total. The van der Waals surface area contributed by atoms with Gasteiger partial charge in [-0.25, -0.2) is 9.48 Å². The molecular weight excluding hydrogens is 394 g/mol. The minimum atomic E-state index is -0.239. The summed E-state index contributed by atoms with van der Waals surface area (Å²) in [5, 5.41) is 6.29. The van der Waals surface area contributed by atoms with E-state index in [4.69, 9.17) is 16.3 Å². The number of nitrogens with zero attached hydrogens (tertiary/aromatic N) is 2. The van der Waals surface area contributed by atoms with Gasteiger partial charge in [-0.2, -0.15) is 5.10 Å². The Morgan fingerprint density at radius 1 is 1.36 bits per heavy atom. The molecule has 0 radical (unpaired) electrons. The van der Waals surface area contributed by atoms with E-state index in [0.29, 0.717) is 22.5 Å². The van der Waals surface area contributed by atoms with E-state index in [0.717, 1.165) is 28.0 Å². The predicted octanol–water partition coefficient (Wildman–Crippen LogP) is 3.66. The number of hydrogen-bond donors (Lipinski definition) is 1. The molecule has 1 aliphatic rings. The van der Waals surface area contributed by atoms with Crippen LogP contribution in [0.3, 0.4) is 0 Å². The van der Waals surface area contributed by atoms with E-state index in [1.165, 1.54) is 37.1 Å². The van der Waals surface area contributed by atoms with Gasteiger partial charge < -0.3 is 9.64 Å². The van der Waals surface area contributed by atoms with E-state index in [1.54, 1.807) is 4.90 Å². The van der Waals surface area contributed by atoms with Crippen molar-refractivity contribution in [2.24, 2.45) is 0 Å². The molecule has 28 heavy (non-hydrogen) atoms. The lowest BCUT2D eigenvalue weighted by Gasteiger charge is -2.29. The number of hydrogen-bond acceptors (Lipinski definition) is 4. The zero-order chi connectivity index (χ0) is 19.7. The molecule has 0 aliphatic carbocycles. The third-order valence-electron chi connectivity index (χ3n) is 5.59. The molecular formula is C21H25ClN3O2S+. The van der Waals surface area contributed by atoms with Crippen LogP contribution in [0.15, 0.2) is 30.3 Å². The summed E-state index contributed by atoms with van der Waals surface area (Å²) in [4.78, 5) is 15.7. The van der Waals surface area contributed by atoms with Gasteiger partial charge in [0.25, 0.3) is 0 Å². The lowest BCUT2D eigenvalue weighted by molar-refractivity contribution is -0.911. The second-order valence-electron chi connectivity index (χ2n) is 7.52. The maximum Gasteiger partial charge on any atom is 0.348 e. The van der Waals surface area contributed by atoms with Crippen LogP contribution >= 0.6 is 22.9 Å². The topological polar surface area (TPSA) is 48.6 Å². The Labute approximate surface area is 173 Å². The predicted molar refractivity (Wildman–Crippen MR) is 113 cm³/mol. The number of carbonyl (C=O) groups is 1. The first-order chi connectivity index (χ1) is 13.5. The van der Waals surface area contributed by atoms with E-state index < -0.39 is 0 Å². The van der Waals surface area contributed by atoms with Crippen molar-refractivity contribution >= 4 is 39.1 Å². The average molecular weight is 419 g/mol. The molecule has 0 saturated carbocycles. The van der Waals surface area contributed by atoms with Gasteiger partial charge in [-0.05, 0) is 56.5 Å².